The van der Waals surface area contributed by atoms with Crippen molar-refractivity contribution in [3.05, 3.63) is 71.0 Å². The standard InChI is InChI=1S/C17H16FNO3/c1-12-5-2-3-6-14(12)10-19-16(20)11-22-17(21)13-7-4-8-15(18)9-13/h2-9H,10-11H2,1H3,(H,19,20). The van der Waals surface area contributed by atoms with Crippen LogP contribution in [0.2, 0.25) is 0 Å². The Morgan fingerprint density at radius 1 is 1.14 bits per heavy atom. The summed E-state index contributed by atoms with van der Waals surface area (Å²) >= 11 is 0. The summed E-state index contributed by atoms with van der Waals surface area (Å²) in [6, 6.07) is 12.8. The molecule has 2 aromatic carbocycles. The average Bonchev–Trinajstić information content (AvgIpc) is 2.52. The predicted octanol–water partition coefficient (Wildman–Crippen LogP) is 2.61. The van der Waals surface area contributed by atoms with Gasteiger partial charge in [-0.15, -0.1) is 0 Å². The van der Waals surface area contributed by atoms with Crippen molar-refractivity contribution in [2.45, 2.75) is 13.5 Å². The lowest BCUT2D eigenvalue weighted by Crippen LogP contribution is -2.28. The zero-order valence-corrected chi connectivity index (χ0v) is 12.1. The second-order valence-electron chi connectivity index (χ2n) is 4.79. The minimum absolute atomic E-state index is 0.0757. The van der Waals surface area contributed by atoms with Gasteiger partial charge in [-0.05, 0) is 36.2 Å². The highest BCUT2D eigenvalue weighted by Gasteiger charge is 2.10. The maximum atomic E-state index is 13.0. The van der Waals surface area contributed by atoms with Crippen molar-refractivity contribution in [3.8, 4) is 0 Å². The Bertz CT molecular complexity index is 685. The van der Waals surface area contributed by atoms with Gasteiger partial charge in [-0.25, -0.2) is 9.18 Å². The zero-order valence-electron chi connectivity index (χ0n) is 12.1. The second-order valence-corrected chi connectivity index (χ2v) is 4.79. The van der Waals surface area contributed by atoms with Gasteiger partial charge in [0.15, 0.2) is 6.61 Å². The van der Waals surface area contributed by atoms with Crippen LogP contribution in [0.5, 0.6) is 0 Å². The van der Waals surface area contributed by atoms with E-state index < -0.39 is 24.3 Å². The molecule has 2 aromatic rings. The third-order valence-electron chi connectivity index (χ3n) is 3.13. The van der Waals surface area contributed by atoms with Gasteiger partial charge in [-0.2, -0.15) is 0 Å². The van der Waals surface area contributed by atoms with Crippen molar-refractivity contribution in [1.82, 2.24) is 5.32 Å². The van der Waals surface area contributed by atoms with E-state index in [1.807, 2.05) is 31.2 Å². The first kappa shape index (κ1) is 15.7. The van der Waals surface area contributed by atoms with Crippen LogP contribution in [-0.4, -0.2) is 18.5 Å². The fourth-order valence-corrected chi connectivity index (χ4v) is 1.88. The summed E-state index contributed by atoms with van der Waals surface area (Å²) in [7, 11) is 0. The van der Waals surface area contributed by atoms with E-state index >= 15 is 0 Å². The largest absolute Gasteiger partial charge is 0.452 e. The molecule has 0 aliphatic rings. The monoisotopic (exact) mass is 301 g/mol. The summed E-state index contributed by atoms with van der Waals surface area (Å²) in [5.74, 6) is -1.67. The van der Waals surface area contributed by atoms with Crippen LogP contribution < -0.4 is 5.32 Å². The SMILES string of the molecule is Cc1ccccc1CNC(=O)COC(=O)c1cccc(F)c1. The molecule has 1 N–H and O–H groups in total. The maximum Gasteiger partial charge on any atom is 0.338 e. The molecule has 22 heavy (non-hydrogen) atoms. The topological polar surface area (TPSA) is 55.4 Å². The summed E-state index contributed by atoms with van der Waals surface area (Å²) < 4.78 is 17.8. The van der Waals surface area contributed by atoms with Gasteiger partial charge in [0.25, 0.3) is 5.91 Å². The fourth-order valence-electron chi connectivity index (χ4n) is 1.88. The van der Waals surface area contributed by atoms with E-state index in [0.29, 0.717) is 6.54 Å². The number of benzene rings is 2. The molecule has 0 aromatic heterocycles. The van der Waals surface area contributed by atoms with Crippen molar-refractivity contribution >= 4 is 11.9 Å². The number of halogens is 1. The van der Waals surface area contributed by atoms with E-state index in [1.54, 1.807) is 0 Å². The van der Waals surface area contributed by atoms with Gasteiger partial charge < -0.3 is 10.1 Å². The third kappa shape index (κ3) is 4.41. The van der Waals surface area contributed by atoms with Crippen LogP contribution >= 0.6 is 0 Å². The predicted molar refractivity (Wildman–Crippen MR) is 79.7 cm³/mol. The smallest absolute Gasteiger partial charge is 0.338 e. The summed E-state index contributed by atoms with van der Waals surface area (Å²) in [5.41, 5.74) is 2.14. The molecule has 0 saturated heterocycles. The Morgan fingerprint density at radius 2 is 1.91 bits per heavy atom. The van der Waals surface area contributed by atoms with Crippen molar-refractivity contribution in [2.75, 3.05) is 6.61 Å². The Hall–Kier alpha value is -2.69. The number of esters is 1. The van der Waals surface area contributed by atoms with Gasteiger partial charge in [-0.1, -0.05) is 30.3 Å². The van der Waals surface area contributed by atoms with Crippen molar-refractivity contribution in [1.29, 1.82) is 0 Å². The molecule has 0 bridgehead atoms. The van der Waals surface area contributed by atoms with E-state index in [0.717, 1.165) is 17.2 Å². The van der Waals surface area contributed by atoms with Crippen molar-refractivity contribution in [3.63, 3.8) is 0 Å². The van der Waals surface area contributed by atoms with Crippen LogP contribution in [0.1, 0.15) is 21.5 Å². The van der Waals surface area contributed by atoms with E-state index in [-0.39, 0.29) is 5.56 Å². The highest BCUT2D eigenvalue weighted by Crippen LogP contribution is 2.07. The molecule has 0 fully saturated rings. The molecule has 4 nitrogen and oxygen atoms in total. The van der Waals surface area contributed by atoms with Gasteiger partial charge in [0.1, 0.15) is 5.82 Å². The van der Waals surface area contributed by atoms with Crippen LogP contribution in [0.3, 0.4) is 0 Å². The molecule has 5 heteroatoms. The number of amides is 1. The van der Waals surface area contributed by atoms with Gasteiger partial charge in [0.05, 0.1) is 5.56 Å². The second kappa shape index (κ2) is 7.36. The average molecular weight is 301 g/mol. The number of aryl methyl sites for hydroxylation is 1. The molecule has 0 heterocycles. The zero-order chi connectivity index (χ0) is 15.9. The van der Waals surface area contributed by atoms with Gasteiger partial charge in [0.2, 0.25) is 0 Å². The Balaban J connectivity index is 1.81. The molecule has 0 atom stereocenters. The molecule has 2 rings (SSSR count). The lowest BCUT2D eigenvalue weighted by Gasteiger charge is -2.08. The normalized spacial score (nSPS) is 10.1. The minimum Gasteiger partial charge on any atom is -0.452 e. The minimum atomic E-state index is -0.731. The molecule has 0 saturated carbocycles. The molecule has 114 valence electrons. The first-order chi connectivity index (χ1) is 10.6. The van der Waals surface area contributed by atoms with Crippen LogP contribution in [0.4, 0.5) is 4.39 Å². The number of hydrogen-bond acceptors (Lipinski definition) is 3. The van der Waals surface area contributed by atoms with Crippen LogP contribution in [0, 0.1) is 12.7 Å². The number of carbonyl (C=O) groups excluding carboxylic acids is 2. The Kier molecular flexibility index (Phi) is 5.25. The molecular weight excluding hydrogens is 285 g/mol. The number of carbonyl (C=O) groups is 2. The lowest BCUT2D eigenvalue weighted by atomic mass is 10.1. The number of rotatable bonds is 5. The lowest BCUT2D eigenvalue weighted by molar-refractivity contribution is -0.124. The molecular formula is C17H16FNO3. The first-order valence-electron chi connectivity index (χ1n) is 6.80. The number of ether oxygens (including phenoxy) is 1. The third-order valence-corrected chi connectivity index (χ3v) is 3.13. The fraction of sp³-hybridized carbons (Fsp3) is 0.176. The maximum absolute atomic E-state index is 13.0. The summed E-state index contributed by atoms with van der Waals surface area (Å²) in [4.78, 5) is 23.3. The number of hydrogen-bond donors (Lipinski definition) is 1. The summed E-state index contributed by atoms with van der Waals surface area (Å²) in [6.07, 6.45) is 0. The van der Waals surface area contributed by atoms with Gasteiger partial charge in [-0.3, -0.25) is 4.79 Å². The molecule has 1 amide bonds. The molecule has 0 unspecified atom stereocenters. The van der Waals surface area contributed by atoms with E-state index in [9.17, 15) is 14.0 Å². The Labute approximate surface area is 127 Å². The van der Waals surface area contributed by atoms with E-state index in [2.05, 4.69) is 5.32 Å². The molecule has 0 spiro atoms. The quantitative estimate of drug-likeness (QED) is 0.864. The van der Waals surface area contributed by atoms with Gasteiger partial charge in [0, 0.05) is 6.54 Å². The number of nitrogens with one attached hydrogen (secondary N) is 1. The molecule has 0 radical (unpaired) electrons. The van der Waals surface area contributed by atoms with Gasteiger partial charge >= 0.3 is 5.97 Å². The summed E-state index contributed by atoms with van der Waals surface area (Å²) in [5, 5.41) is 2.67. The van der Waals surface area contributed by atoms with E-state index in [4.69, 9.17) is 4.74 Å². The first-order valence-corrected chi connectivity index (χ1v) is 6.80. The van der Waals surface area contributed by atoms with Crippen LogP contribution in [0.15, 0.2) is 48.5 Å². The molecule has 0 aliphatic carbocycles. The highest BCUT2D eigenvalue weighted by molar-refractivity contribution is 5.91. The molecule has 0 aliphatic heterocycles. The van der Waals surface area contributed by atoms with Crippen molar-refractivity contribution < 1.29 is 18.7 Å². The van der Waals surface area contributed by atoms with Crippen LogP contribution in [0.25, 0.3) is 0 Å². The van der Waals surface area contributed by atoms with E-state index in [1.165, 1.54) is 18.2 Å². The van der Waals surface area contributed by atoms with Crippen LogP contribution in [-0.2, 0) is 16.1 Å². The van der Waals surface area contributed by atoms with Crippen molar-refractivity contribution in [2.24, 2.45) is 0 Å². The summed E-state index contributed by atoms with van der Waals surface area (Å²) in [6.45, 7) is 1.91. The highest BCUT2D eigenvalue weighted by atomic mass is 19.1. The Morgan fingerprint density at radius 3 is 2.64 bits per heavy atom.